The summed E-state index contributed by atoms with van der Waals surface area (Å²) in [6.45, 7) is 2.02. The van der Waals surface area contributed by atoms with Crippen LogP contribution in [0.15, 0.2) is 42.5 Å². The summed E-state index contributed by atoms with van der Waals surface area (Å²) >= 11 is 0. The first-order valence-electron chi connectivity index (χ1n) is 6.87. The van der Waals surface area contributed by atoms with Crippen molar-refractivity contribution in [2.24, 2.45) is 0 Å². The van der Waals surface area contributed by atoms with Crippen LogP contribution < -0.4 is 10.6 Å². The molecule has 0 saturated heterocycles. The molecule has 21 heavy (non-hydrogen) atoms. The number of fused-ring (bicyclic) bond motifs is 1. The molecule has 0 amide bonds. The zero-order chi connectivity index (χ0) is 15.0. The summed E-state index contributed by atoms with van der Waals surface area (Å²) in [5.74, 6) is 1.19. The third-order valence-corrected chi connectivity index (χ3v) is 3.58. The van der Waals surface area contributed by atoms with Gasteiger partial charge in [0.15, 0.2) is 5.82 Å². The molecule has 2 N–H and O–H groups in total. The van der Waals surface area contributed by atoms with Crippen LogP contribution in [0.5, 0.6) is 0 Å². The smallest absolute Gasteiger partial charge is 0.162 e. The molecule has 0 radical (unpaired) electrons. The fourth-order valence-corrected chi connectivity index (χ4v) is 2.44. The predicted octanol–water partition coefficient (Wildman–Crippen LogP) is 3.25. The van der Waals surface area contributed by atoms with Crippen molar-refractivity contribution in [1.29, 1.82) is 0 Å². The fourth-order valence-electron chi connectivity index (χ4n) is 2.44. The highest BCUT2D eigenvalue weighted by Gasteiger charge is 2.09. The van der Waals surface area contributed by atoms with E-state index in [4.69, 9.17) is 5.73 Å². The molecule has 4 nitrogen and oxygen atoms in total. The number of benzene rings is 2. The zero-order valence-electron chi connectivity index (χ0n) is 12.5. The Labute approximate surface area is 124 Å². The quantitative estimate of drug-likeness (QED) is 0.781. The molecule has 2 aromatic carbocycles. The normalized spacial score (nSPS) is 10.8. The second kappa shape index (κ2) is 5.05. The van der Waals surface area contributed by atoms with E-state index in [1.165, 1.54) is 0 Å². The maximum absolute atomic E-state index is 6.13. The highest BCUT2D eigenvalue weighted by atomic mass is 15.1. The van der Waals surface area contributed by atoms with Gasteiger partial charge in [-0.25, -0.2) is 9.97 Å². The Morgan fingerprint density at radius 3 is 2.52 bits per heavy atom. The molecule has 0 saturated carbocycles. The third kappa shape index (κ3) is 2.40. The molecule has 0 atom stereocenters. The van der Waals surface area contributed by atoms with Crippen molar-refractivity contribution in [3.8, 4) is 11.4 Å². The number of hydrogen-bond donors (Lipinski definition) is 1. The van der Waals surface area contributed by atoms with Gasteiger partial charge in [0.05, 0.1) is 5.52 Å². The van der Waals surface area contributed by atoms with Crippen LogP contribution in [0.3, 0.4) is 0 Å². The van der Waals surface area contributed by atoms with Gasteiger partial charge in [0.1, 0.15) is 5.82 Å². The lowest BCUT2D eigenvalue weighted by molar-refractivity contribution is 1.13. The van der Waals surface area contributed by atoms with Gasteiger partial charge in [-0.2, -0.15) is 0 Å². The van der Waals surface area contributed by atoms with Crippen LogP contribution in [0.25, 0.3) is 22.3 Å². The first-order valence-corrected chi connectivity index (χ1v) is 6.87. The topological polar surface area (TPSA) is 55.0 Å². The highest BCUT2D eigenvalue weighted by Crippen LogP contribution is 2.27. The first kappa shape index (κ1) is 13.4. The highest BCUT2D eigenvalue weighted by molar-refractivity contribution is 5.92. The van der Waals surface area contributed by atoms with Crippen LogP contribution in [0.2, 0.25) is 0 Å². The van der Waals surface area contributed by atoms with Crippen molar-refractivity contribution in [1.82, 2.24) is 9.97 Å². The summed E-state index contributed by atoms with van der Waals surface area (Å²) < 4.78 is 0. The minimum Gasteiger partial charge on any atom is -0.383 e. The van der Waals surface area contributed by atoms with Gasteiger partial charge in [0.25, 0.3) is 0 Å². The maximum Gasteiger partial charge on any atom is 0.162 e. The summed E-state index contributed by atoms with van der Waals surface area (Å²) in [5.41, 5.74) is 10.2. The first-order chi connectivity index (χ1) is 10.1. The fraction of sp³-hybridized carbons (Fsp3) is 0.176. The lowest BCUT2D eigenvalue weighted by atomic mass is 10.1. The van der Waals surface area contributed by atoms with E-state index in [-0.39, 0.29) is 0 Å². The van der Waals surface area contributed by atoms with E-state index in [1.54, 1.807) is 0 Å². The van der Waals surface area contributed by atoms with Gasteiger partial charge in [-0.3, -0.25) is 0 Å². The van der Waals surface area contributed by atoms with E-state index >= 15 is 0 Å². The molecule has 0 fully saturated rings. The van der Waals surface area contributed by atoms with Crippen molar-refractivity contribution < 1.29 is 0 Å². The van der Waals surface area contributed by atoms with E-state index in [2.05, 4.69) is 27.0 Å². The SMILES string of the molecule is Cc1cccc2nc(-c3cccc(N(C)C)c3)nc(N)c12. The maximum atomic E-state index is 6.13. The Morgan fingerprint density at radius 2 is 1.76 bits per heavy atom. The van der Waals surface area contributed by atoms with E-state index in [9.17, 15) is 0 Å². The van der Waals surface area contributed by atoms with Crippen LogP contribution in [0.4, 0.5) is 11.5 Å². The Hall–Kier alpha value is -2.62. The van der Waals surface area contributed by atoms with Gasteiger partial charge in [-0.1, -0.05) is 24.3 Å². The number of nitrogens with two attached hydrogens (primary N) is 1. The largest absolute Gasteiger partial charge is 0.383 e. The van der Waals surface area contributed by atoms with Crippen LogP contribution in [-0.4, -0.2) is 24.1 Å². The molecule has 1 heterocycles. The number of rotatable bonds is 2. The third-order valence-electron chi connectivity index (χ3n) is 3.58. The Balaban J connectivity index is 2.20. The minimum absolute atomic E-state index is 0.531. The standard InChI is InChI=1S/C17H18N4/c1-11-6-4-9-14-15(11)16(18)20-17(19-14)12-7-5-8-13(10-12)21(2)3/h4-10H,1-3H3,(H2,18,19,20). The average Bonchev–Trinajstić information content (AvgIpc) is 2.47. The molecule has 3 rings (SSSR count). The number of nitrogen functional groups attached to an aromatic ring is 1. The van der Waals surface area contributed by atoms with Gasteiger partial charge in [-0.05, 0) is 30.7 Å². The number of aromatic nitrogens is 2. The van der Waals surface area contributed by atoms with E-state index in [1.807, 2.05) is 51.4 Å². The second-order valence-electron chi connectivity index (χ2n) is 5.35. The van der Waals surface area contributed by atoms with Gasteiger partial charge < -0.3 is 10.6 Å². The van der Waals surface area contributed by atoms with Crippen LogP contribution in [-0.2, 0) is 0 Å². The van der Waals surface area contributed by atoms with Crippen LogP contribution >= 0.6 is 0 Å². The zero-order valence-corrected chi connectivity index (χ0v) is 12.5. The van der Waals surface area contributed by atoms with Crippen LogP contribution in [0, 0.1) is 6.92 Å². The summed E-state index contributed by atoms with van der Waals surface area (Å²) in [4.78, 5) is 11.2. The number of aryl methyl sites for hydroxylation is 1. The summed E-state index contributed by atoms with van der Waals surface area (Å²) in [6.07, 6.45) is 0. The molecule has 0 spiro atoms. The molecule has 0 aliphatic rings. The summed E-state index contributed by atoms with van der Waals surface area (Å²) in [7, 11) is 4.02. The molecular formula is C17H18N4. The predicted molar refractivity (Wildman–Crippen MR) is 88.5 cm³/mol. The second-order valence-corrected chi connectivity index (χ2v) is 5.35. The molecule has 4 heteroatoms. The summed E-state index contributed by atoms with van der Waals surface area (Å²) in [5, 5.41) is 0.935. The number of nitrogens with zero attached hydrogens (tertiary/aromatic N) is 3. The summed E-state index contributed by atoms with van der Waals surface area (Å²) in [6, 6.07) is 14.1. The van der Waals surface area contributed by atoms with E-state index in [0.29, 0.717) is 11.6 Å². The molecule has 0 bridgehead atoms. The van der Waals surface area contributed by atoms with Crippen molar-refractivity contribution in [3.05, 3.63) is 48.0 Å². The average molecular weight is 278 g/mol. The Bertz CT molecular complexity index is 809. The van der Waals surface area contributed by atoms with Gasteiger partial charge in [-0.15, -0.1) is 0 Å². The van der Waals surface area contributed by atoms with Crippen molar-refractivity contribution in [2.75, 3.05) is 24.7 Å². The Morgan fingerprint density at radius 1 is 1.00 bits per heavy atom. The Kier molecular flexibility index (Phi) is 3.22. The van der Waals surface area contributed by atoms with Crippen molar-refractivity contribution >= 4 is 22.4 Å². The van der Waals surface area contributed by atoms with Crippen LogP contribution in [0.1, 0.15) is 5.56 Å². The van der Waals surface area contributed by atoms with Gasteiger partial charge in [0.2, 0.25) is 0 Å². The monoisotopic (exact) mass is 278 g/mol. The van der Waals surface area contributed by atoms with E-state index < -0.39 is 0 Å². The molecular weight excluding hydrogens is 260 g/mol. The van der Waals surface area contributed by atoms with E-state index in [0.717, 1.165) is 27.7 Å². The van der Waals surface area contributed by atoms with Gasteiger partial charge >= 0.3 is 0 Å². The number of hydrogen-bond acceptors (Lipinski definition) is 4. The van der Waals surface area contributed by atoms with Gasteiger partial charge in [0, 0.05) is 30.7 Å². The molecule has 1 aromatic heterocycles. The lowest BCUT2D eigenvalue weighted by Gasteiger charge is -2.13. The molecule has 0 aliphatic carbocycles. The number of anilines is 2. The van der Waals surface area contributed by atoms with Crippen molar-refractivity contribution in [3.63, 3.8) is 0 Å². The molecule has 0 unspecified atom stereocenters. The minimum atomic E-state index is 0.531. The van der Waals surface area contributed by atoms with Crippen molar-refractivity contribution in [2.45, 2.75) is 6.92 Å². The molecule has 0 aliphatic heterocycles. The molecule has 3 aromatic rings. The molecule has 106 valence electrons. The lowest BCUT2D eigenvalue weighted by Crippen LogP contribution is -2.08.